The fourth-order valence-electron chi connectivity index (χ4n) is 3.74. The maximum Gasteiger partial charge on any atom is 0.323 e. The molecule has 5 N–H and O–H groups in total. The number of hydrogen-bond acceptors (Lipinski definition) is 9. The second-order valence-electron chi connectivity index (χ2n) is 8.11. The lowest BCUT2D eigenvalue weighted by molar-refractivity contribution is -0.122. The van der Waals surface area contributed by atoms with E-state index in [9.17, 15) is 27.6 Å². The van der Waals surface area contributed by atoms with Gasteiger partial charge in [0.05, 0.1) is 25.5 Å². The summed E-state index contributed by atoms with van der Waals surface area (Å²) in [5.74, 6) is 3.46. The van der Waals surface area contributed by atoms with E-state index in [1.54, 1.807) is 22.9 Å². The number of carbonyl (C=O) groups excluding carboxylic acids is 4. The molecule has 0 aliphatic carbocycles. The first-order valence-corrected chi connectivity index (χ1v) is 12.2. The van der Waals surface area contributed by atoms with E-state index in [0.717, 1.165) is 11.8 Å². The van der Waals surface area contributed by atoms with Crippen LogP contribution >= 0.6 is 0 Å². The highest BCUT2D eigenvalue weighted by Crippen LogP contribution is 2.28. The second-order valence-corrected chi connectivity index (χ2v) is 9.86. The summed E-state index contributed by atoms with van der Waals surface area (Å²) in [6, 6.07) is 5.44. The Labute approximate surface area is 205 Å². The van der Waals surface area contributed by atoms with Gasteiger partial charge in [0.1, 0.15) is 11.6 Å². The van der Waals surface area contributed by atoms with Crippen molar-refractivity contribution in [2.45, 2.75) is 12.1 Å². The molecule has 0 radical (unpaired) electrons. The van der Waals surface area contributed by atoms with Gasteiger partial charge in [-0.15, -0.1) is 0 Å². The first-order chi connectivity index (χ1) is 16.9. The predicted molar refractivity (Wildman–Crippen MR) is 125 cm³/mol. The maximum atomic E-state index is 13.0. The van der Waals surface area contributed by atoms with E-state index in [2.05, 4.69) is 27.5 Å². The van der Waals surface area contributed by atoms with Crippen molar-refractivity contribution in [3.05, 3.63) is 52.7 Å². The maximum absolute atomic E-state index is 13.0. The molecule has 14 heteroatoms. The molecule has 13 nitrogen and oxygen atoms in total. The number of carbonyl (C=O) groups is 4. The van der Waals surface area contributed by atoms with Crippen LogP contribution in [0, 0.1) is 11.8 Å². The van der Waals surface area contributed by atoms with Crippen LogP contribution in [0.3, 0.4) is 0 Å². The number of ether oxygens (including phenoxy) is 1. The van der Waals surface area contributed by atoms with Crippen molar-refractivity contribution in [3.63, 3.8) is 0 Å². The first kappa shape index (κ1) is 24.5. The van der Waals surface area contributed by atoms with Gasteiger partial charge in [-0.1, -0.05) is 17.9 Å². The topological polar surface area (TPSA) is 190 Å². The third kappa shape index (κ3) is 4.77. The van der Waals surface area contributed by atoms with E-state index in [1.165, 1.54) is 24.3 Å². The number of anilines is 1. The average molecular weight is 513 g/mol. The zero-order chi connectivity index (χ0) is 26.3. The van der Waals surface area contributed by atoms with Crippen molar-refractivity contribution in [2.24, 2.45) is 0 Å². The molecule has 1 saturated heterocycles. The molecule has 3 heterocycles. The quantitative estimate of drug-likeness (QED) is 0.286. The smallest absolute Gasteiger partial charge is 0.323 e. The van der Waals surface area contributed by atoms with Crippen molar-refractivity contribution in [2.75, 3.05) is 25.6 Å². The number of nitrogens with zero attached hydrogens (tertiary/aromatic N) is 2. The minimum Gasteiger partial charge on any atom is -0.497 e. The number of sulfonamides is 1. The van der Waals surface area contributed by atoms with Gasteiger partial charge in [0.25, 0.3) is 17.7 Å². The van der Waals surface area contributed by atoms with Crippen molar-refractivity contribution in [1.29, 1.82) is 0 Å². The molecule has 0 saturated carbocycles. The molecule has 1 atom stereocenters. The molecule has 5 amide bonds. The van der Waals surface area contributed by atoms with Crippen LogP contribution in [0.5, 0.6) is 5.75 Å². The predicted octanol–water partition coefficient (Wildman–Crippen LogP) is -1.05. The molecule has 0 spiro atoms. The summed E-state index contributed by atoms with van der Waals surface area (Å²) in [4.78, 5) is 55.2. The highest BCUT2D eigenvalue weighted by molar-refractivity contribution is 7.89. The van der Waals surface area contributed by atoms with Crippen LogP contribution in [-0.4, -0.2) is 67.5 Å². The van der Waals surface area contributed by atoms with Crippen molar-refractivity contribution in [3.8, 4) is 17.6 Å². The summed E-state index contributed by atoms with van der Waals surface area (Å²) in [6.45, 7) is -0.0821. The Morgan fingerprint density at radius 1 is 1.31 bits per heavy atom. The largest absolute Gasteiger partial charge is 0.497 e. The van der Waals surface area contributed by atoms with Gasteiger partial charge in [0.2, 0.25) is 15.6 Å². The summed E-state index contributed by atoms with van der Waals surface area (Å²) < 4.78 is 29.7. The number of nitrogen functional groups attached to an aromatic ring is 1. The Kier molecular flexibility index (Phi) is 6.02. The number of nitrogens with two attached hydrogens (primary N) is 1. The number of urea groups is 1. The van der Waals surface area contributed by atoms with Gasteiger partial charge >= 0.3 is 6.03 Å². The van der Waals surface area contributed by atoms with E-state index in [0.29, 0.717) is 11.3 Å². The molecular formula is C22H20N6O7S. The van der Waals surface area contributed by atoms with Crippen LogP contribution in [0.25, 0.3) is 0 Å². The molecule has 2 aromatic rings. The van der Waals surface area contributed by atoms with Crippen LogP contribution < -0.4 is 25.8 Å². The van der Waals surface area contributed by atoms with E-state index in [4.69, 9.17) is 10.5 Å². The molecule has 2 aliphatic heterocycles. The van der Waals surface area contributed by atoms with Crippen molar-refractivity contribution in [1.82, 2.24) is 25.2 Å². The second kappa shape index (κ2) is 8.86. The van der Waals surface area contributed by atoms with Gasteiger partial charge < -0.3 is 20.7 Å². The van der Waals surface area contributed by atoms with E-state index in [1.807, 2.05) is 0 Å². The van der Waals surface area contributed by atoms with Gasteiger partial charge in [-0.2, -0.15) is 0 Å². The van der Waals surface area contributed by atoms with Gasteiger partial charge in [-0.25, -0.2) is 22.9 Å². The lowest BCUT2D eigenvalue weighted by atomic mass is 9.99. The van der Waals surface area contributed by atoms with Gasteiger partial charge in [0, 0.05) is 23.9 Å². The number of methoxy groups -OCH3 is 1. The average Bonchev–Trinajstić information content (AvgIpc) is 3.26. The summed E-state index contributed by atoms with van der Waals surface area (Å²) in [5, 5.41) is 4.59. The van der Waals surface area contributed by atoms with Crippen LogP contribution in [-0.2, 0) is 21.4 Å². The minimum absolute atomic E-state index is 0.108. The monoisotopic (exact) mass is 512 g/mol. The molecule has 2 aliphatic rings. The molecular weight excluding hydrogens is 492 g/mol. The standard InChI is InChI=1S/C22H20N6O7S/c1-35-14-4-3-13-10-28(19(30)15(13)8-14)11-22(20(31)25-21(32)26-22)6-5-12-7-16(17(23)24-9-12)18(29)27-36(2,33)34/h3-4,7-9H,10-11H2,1-2H3,(H2,23,24)(H,27,29)(H2,25,26,31,32)/t22-/m1/s1. The highest BCUT2D eigenvalue weighted by Gasteiger charge is 2.48. The first-order valence-electron chi connectivity index (χ1n) is 10.3. The van der Waals surface area contributed by atoms with E-state index in [-0.39, 0.29) is 35.9 Å². The molecule has 1 aromatic carbocycles. The number of rotatable bonds is 5. The number of benzene rings is 1. The Morgan fingerprint density at radius 3 is 2.69 bits per heavy atom. The number of aromatic nitrogens is 1. The molecule has 0 unspecified atom stereocenters. The Balaban J connectivity index is 1.65. The highest BCUT2D eigenvalue weighted by atomic mass is 32.2. The molecule has 4 rings (SSSR count). The number of imide groups is 1. The Bertz CT molecular complexity index is 1490. The lowest BCUT2D eigenvalue weighted by Crippen LogP contribution is -2.54. The number of hydrogen-bond donors (Lipinski definition) is 4. The molecule has 1 fully saturated rings. The van der Waals surface area contributed by atoms with Crippen LogP contribution in [0.4, 0.5) is 10.6 Å². The van der Waals surface area contributed by atoms with Crippen LogP contribution in [0.15, 0.2) is 30.5 Å². The van der Waals surface area contributed by atoms with Gasteiger partial charge in [-0.3, -0.25) is 19.7 Å². The number of amides is 5. The fraction of sp³-hybridized carbons (Fsp3) is 0.227. The SMILES string of the molecule is COc1ccc2c(c1)C(=O)N(C[C@@]1(C#Cc3cnc(N)c(C(=O)NS(C)(=O)=O)c3)NC(=O)NC1=O)C2. The molecule has 0 bridgehead atoms. The Hall–Kier alpha value is -4.64. The fourth-order valence-corrected chi connectivity index (χ4v) is 4.19. The van der Waals surface area contributed by atoms with E-state index < -0.39 is 33.4 Å². The molecule has 186 valence electrons. The molecule has 36 heavy (non-hydrogen) atoms. The number of pyridine rings is 1. The van der Waals surface area contributed by atoms with Crippen LogP contribution in [0.2, 0.25) is 0 Å². The summed E-state index contributed by atoms with van der Waals surface area (Å²) in [7, 11) is -2.38. The summed E-state index contributed by atoms with van der Waals surface area (Å²) >= 11 is 0. The lowest BCUT2D eigenvalue weighted by Gasteiger charge is -2.26. The minimum atomic E-state index is -3.86. The number of fused-ring (bicyclic) bond motifs is 1. The summed E-state index contributed by atoms with van der Waals surface area (Å²) in [6.07, 6.45) is 2.02. The van der Waals surface area contributed by atoms with Crippen molar-refractivity contribution >= 4 is 39.6 Å². The normalized spacial score (nSPS) is 18.6. The van der Waals surface area contributed by atoms with Crippen molar-refractivity contribution < 1.29 is 32.3 Å². The Morgan fingerprint density at radius 2 is 2.06 bits per heavy atom. The number of nitrogens with one attached hydrogen (secondary N) is 3. The van der Waals surface area contributed by atoms with Gasteiger partial charge in [0.15, 0.2) is 0 Å². The van der Waals surface area contributed by atoms with Crippen LogP contribution in [0.1, 0.15) is 31.8 Å². The zero-order valence-electron chi connectivity index (χ0n) is 19.0. The van der Waals surface area contributed by atoms with E-state index >= 15 is 0 Å². The zero-order valence-corrected chi connectivity index (χ0v) is 19.9. The third-order valence-electron chi connectivity index (χ3n) is 5.43. The summed E-state index contributed by atoms with van der Waals surface area (Å²) in [5.41, 5.74) is 4.88. The third-order valence-corrected chi connectivity index (χ3v) is 5.98. The van der Waals surface area contributed by atoms with Gasteiger partial charge in [-0.05, 0) is 23.8 Å². The molecule has 1 aromatic heterocycles.